The van der Waals surface area contributed by atoms with E-state index >= 15 is 0 Å². The summed E-state index contributed by atoms with van der Waals surface area (Å²) >= 11 is 7.80. The van der Waals surface area contributed by atoms with Gasteiger partial charge in [0.05, 0.1) is 11.6 Å². The average molecular weight is 314 g/mol. The van der Waals surface area contributed by atoms with E-state index in [1.54, 1.807) is 12.1 Å². The number of rotatable bonds is 4. The molecule has 2 nitrogen and oxygen atoms in total. The van der Waals surface area contributed by atoms with E-state index < -0.39 is 17.6 Å². The van der Waals surface area contributed by atoms with Crippen molar-refractivity contribution < 1.29 is 18.3 Å². The predicted molar refractivity (Wildman–Crippen MR) is 60.2 cm³/mol. The zero-order valence-corrected chi connectivity index (χ0v) is 10.6. The Bertz CT molecular complexity index is 404. The molecule has 0 aliphatic heterocycles. The van der Waals surface area contributed by atoms with Gasteiger partial charge in [-0.3, -0.25) is 4.79 Å². The van der Waals surface area contributed by atoms with Crippen LogP contribution in [-0.4, -0.2) is 18.3 Å². The maximum Gasteiger partial charge on any atom is 0.380 e. The normalized spacial score (nSPS) is 11.3. The van der Waals surface area contributed by atoms with Gasteiger partial charge in [-0.2, -0.15) is 8.78 Å². The lowest BCUT2D eigenvalue weighted by Crippen LogP contribution is -2.23. The van der Waals surface area contributed by atoms with Gasteiger partial charge in [0.25, 0.3) is 0 Å². The summed E-state index contributed by atoms with van der Waals surface area (Å²) in [5.74, 6) is -0.764. The van der Waals surface area contributed by atoms with Gasteiger partial charge >= 0.3 is 5.38 Å². The van der Waals surface area contributed by atoms with Gasteiger partial charge in [-0.05, 0) is 45.2 Å². The zero-order valence-electron chi connectivity index (χ0n) is 8.27. The third-order valence-corrected chi connectivity index (χ3v) is 2.73. The predicted octanol–water partition coefficient (Wildman–Crippen LogP) is 3.40. The Morgan fingerprint density at radius 2 is 2.19 bits per heavy atom. The fourth-order valence-electron chi connectivity index (χ4n) is 1.11. The van der Waals surface area contributed by atoms with Gasteiger partial charge in [-0.15, -0.1) is 0 Å². The molecule has 0 aliphatic rings. The van der Waals surface area contributed by atoms with Crippen LogP contribution in [0.3, 0.4) is 0 Å². The van der Waals surface area contributed by atoms with Crippen molar-refractivity contribution in [3.05, 3.63) is 28.2 Å². The fraction of sp³-hybridized carbons (Fsp3) is 0.300. The number of hydrogen-bond donors (Lipinski definition) is 0. The van der Waals surface area contributed by atoms with Crippen LogP contribution in [-0.2, 0) is 11.2 Å². The first-order valence-corrected chi connectivity index (χ1v) is 5.44. The van der Waals surface area contributed by atoms with E-state index in [1.165, 1.54) is 13.2 Å². The molecular formula is C10H8BrClF2O2. The molecule has 0 aliphatic carbocycles. The first-order chi connectivity index (χ1) is 7.34. The number of carbonyl (C=O) groups excluding carboxylic acids is 1. The Morgan fingerprint density at radius 1 is 1.56 bits per heavy atom. The maximum absolute atomic E-state index is 12.4. The lowest BCUT2D eigenvalue weighted by molar-refractivity contribution is -0.132. The van der Waals surface area contributed by atoms with Crippen molar-refractivity contribution in [3.63, 3.8) is 0 Å². The third-order valence-electron chi connectivity index (χ3n) is 1.90. The van der Waals surface area contributed by atoms with Gasteiger partial charge in [0, 0.05) is 6.42 Å². The first-order valence-electron chi connectivity index (χ1n) is 4.27. The van der Waals surface area contributed by atoms with Crippen molar-refractivity contribution in [2.24, 2.45) is 0 Å². The minimum absolute atomic E-state index is 0.418. The van der Waals surface area contributed by atoms with Crippen molar-refractivity contribution in [1.82, 2.24) is 0 Å². The summed E-state index contributed by atoms with van der Waals surface area (Å²) in [6.07, 6.45) is -0.418. The van der Waals surface area contributed by atoms with E-state index in [4.69, 9.17) is 4.74 Å². The summed E-state index contributed by atoms with van der Waals surface area (Å²) < 4.78 is 30.4. The molecule has 0 aromatic heterocycles. The molecule has 0 unspecified atom stereocenters. The standard InChI is InChI=1S/C10H8BrClF2O2/c1-16-8-3-2-6(4-7(8)11)5-9(15)10(12,13)14/h2-4H,5H2,1H3. The fourth-order valence-corrected chi connectivity index (χ4v) is 1.76. The Balaban J connectivity index is 2.84. The molecule has 1 aromatic rings. The van der Waals surface area contributed by atoms with Crippen molar-refractivity contribution in [3.8, 4) is 5.75 Å². The molecule has 0 radical (unpaired) electrons. The molecule has 0 amide bonds. The molecule has 0 heterocycles. The smallest absolute Gasteiger partial charge is 0.380 e. The number of alkyl halides is 3. The highest BCUT2D eigenvalue weighted by Gasteiger charge is 2.34. The molecule has 0 saturated heterocycles. The molecule has 0 spiro atoms. The Labute approximate surface area is 105 Å². The lowest BCUT2D eigenvalue weighted by Gasteiger charge is -2.08. The van der Waals surface area contributed by atoms with E-state index in [0.29, 0.717) is 15.8 Å². The maximum atomic E-state index is 12.4. The third kappa shape index (κ3) is 3.42. The molecule has 88 valence electrons. The number of Topliss-reactive ketones (excluding diaryl/α,β-unsaturated/α-hetero) is 1. The van der Waals surface area contributed by atoms with Gasteiger partial charge in [0.1, 0.15) is 5.75 Å². The highest BCUT2D eigenvalue weighted by molar-refractivity contribution is 9.10. The van der Waals surface area contributed by atoms with Crippen LogP contribution in [0.4, 0.5) is 8.78 Å². The van der Waals surface area contributed by atoms with Gasteiger partial charge in [-0.25, -0.2) is 0 Å². The molecule has 6 heteroatoms. The van der Waals surface area contributed by atoms with Crippen LogP contribution in [0, 0.1) is 0 Å². The molecule has 16 heavy (non-hydrogen) atoms. The minimum Gasteiger partial charge on any atom is -0.496 e. The van der Waals surface area contributed by atoms with Crippen LogP contribution in [0.5, 0.6) is 5.75 Å². The number of benzene rings is 1. The highest BCUT2D eigenvalue weighted by Crippen LogP contribution is 2.27. The molecule has 1 aromatic carbocycles. The summed E-state index contributed by atoms with van der Waals surface area (Å²) in [5.41, 5.74) is 0.443. The number of ketones is 1. The topological polar surface area (TPSA) is 26.3 Å². The number of methoxy groups -OCH3 is 1. The molecular weight excluding hydrogens is 305 g/mol. The van der Waals surface area contributed by atoms with Crippen LogP contribution < -0.4 is 4.74 Å². The lowest BCUT2D eigenvalue weighted by atomic mass is 10.1. The van der Waals surface area contributed by atoms with Crippen LogP contribution in [0.2, 0.25) is 0 Å². The highest BCUT2D eigenvalue weighted by atomic mass is 79.9. The van der Waals surface area contributed by atoms with Crippen molar-refractivity contribution in [1.29, 1.82) is 0 Å². The number of ether oxygens (including phenoxy) is 1. The Kier molecular flexibility index (Phi) is 4.27. The van der Waals surface area contributed by atoms with Crippen LogP contribution in [0.15, 0.2) is 22.7 Å². The molecule has 0 bridgehead atoms. The summed E-state index contributed by atoms with van der Waals surface area (Å²) in [7, 11) is 1.48. The van der Waals surface area contributed by atoms with Crippen molar-refractivity contribution in [2.75, 3.05) is 7.11 Å². The summed E-state index contributed by atoms with van der Waals surface area (Å²) in [5, 5.41) is -3.81. The van der Waals surface area contributed by atoms with Crippen LogP contribution in [0.25, 0.3) is 0 Å². The zero-order chi connectivity index (χ0) is 12.3. The second-order valence-electron chi connectivity index (χ2n) is 3.07. The van der Waals surface area contributed by atoms with E-state index in [9.17, 15) is 13.6 Å². The van der Waals surface area contributed by atoms with Crippen LogP contribution >= 0.6 is 27.5 Å². The van der Waals surface area contributed by atoms with Gasteiger partial charge in [0.2, 0.25) is 5.78 Å². The van der Waals surface area contributed by atoms with E-state index in [0.717, 1.165) is 0 Å². The van der Waals surface area contributed by atoms with Gasteiger partial charge in [-0.1, -0.05) is 6.07 Å². The second-order valence-corrected chi connectivity index (χ2v) is 4.40. The number of halogens is 4. The van der Waals surface area contributed by atoms with Gasteiger partial charge in [0.15, 0.2) is 0 Å². The monoisotopic (exact) mass is 312 g/mol. The Morgan fingerprint density at radius 3 is 2.62 bits per heavy atom. The van der Waals surface area contributed by atoms with Crippen molar-refractivity contribution >= 4 is 33.3 Å². The Hall–Kier alpha value is -0.680. The molecule has 1 rings (SSSR count). The summed E-state index contributed by atoms with van der Waals surface area (Å²) in [6, 6.07) is 4.66. The van der Waals surface area contributed by atoms with Crippen molar-refractivity contribution in [2.45, 2.75) is 11.8 Å². The average Bonchev–Trinajstić information content (AvgIpc) is 2.16. The second kappa shape index (κ2) is 5.10. The number of carbonyl (C=O) groups is 1. The SMILES string of the molecule is COc1ccc(CC(=O)C(F)(F)Cl)cc1Br. The largest absolute Gasteiger partial charge is 0.496 e. The molecule has 0 saturated carbocycles. The van der Waals surface area contributed by atoms with Crippen LogP contribution in [0.1, 0.15) is 5.56 Å². The summed E-state index contributed by atoms with van der Waals surface area (Å²) in [4.78, 5) is 11.0. The summed E-state index contributed by atoms with van der Waals surface area (Å²) in [6.45, 7) is 0. The van der Waals surface area contributed by atoms with E-state index in [2.05, 4.69) is 27.5 Å². The minimum atomic E-state index is -3.81. The quantitative estimate of drug-likeness (QED) is 0.796. The van der Waals surface area contributed by atoms with E-state index in [-0.39, 0.29) is 0 Å². The first kappa shape index (κ1) is 13.4. The molecule has 0 N–H and O–H groups in total. The molecule has 0 atom stereocenters. The molecule has 0 fully saturated rings. The van der Waals surface area contributed by atoms with Gasteiger partial charge < -0.3 is 4.74 Å². The number of hydrogen-bond acceptors (Lipinski definition) is 2. The van der Waals surface area contributed by atoms with E-state index in [1.807, 2.05) is 0 Å².